The van der Waals surface area contributed by atoms with Crippen LogP contribution in [0.4, 0.5) is 0 Å². The van der Waals surface area contributed by atoms with Crippen LogP contribution in [0, 0.1) is 11.8 Å². The van der Waals surface area contributed by atoms with Gasteiger partial charge in [0.05, 0.1) is 0 Å². The molecule has 4 heterocycles. The number of amides is 1. The molecule has 0 N–H and O–H groups in total. The van der Waals surface area contributed by atoms with Crippen LogP contribution in [0.3, 0.4) is 0 Å². The van der Waals surface area contributed by atoms with E-state index in [2.05, 4.69) is 9.80 Å². The standard InChI is InChI=1S/C15H24N2O/c18-15-6-3-5-14-11-8-12(10-17(14)15)13-4-1-2-7-16(13)9-11/h11-14H,1-10H2/t11?,12-,13?,14?/m1/s1. The van der Waals surface area contributed by atoms with E-state index in [4.69, 9.17) is 0 Å². The van der Waals surface area contributed by atoms with Crippen molar-refractivity contribution >= 4 is 5.91 Å². The fraction of sp³-hybridized carbons (Fsp3) is 0.933. The third-order valence-electron chi connectivity index (χ3n) is 5.87. The van der Waals surface area contributed by atoms with Crippen LogP contribution in [0.1, 0.15) is 44.9 Å². The highest BCUT2D eigenvalue weighted by Crippen LogP contribution is 2.42. The van der Waals surface area contributed by atoms with E-state index in [0.717, 1.165) is 37.3 Å². The summed E-state index contributed by atoms with van der Waals surface area (Å²) in [6.07, 6.45) is 8.78. The second kappa shape index (κ2) is 4.22. The highest BCUT2D eigenvalue weighted by atomic mass is 16.2. The van der Waals surface area contributed by atoms with Crippen molar-refractivity contribution in [3.8, 4) is 0 Å². The molecule has 0 aliphatic carbocycles. The lowest BCUT2D eigenvalue weighted by Crippen LogP contribution is -2.64. The van der Waals surface area contributed by atoms with Crippen molar-refractivity contribution in [1.29, 1.82) is 0 Å². The number of nitrogens with zero attached hydrogens (tertiary/aromatic N) is 2. The number of piperidine rings is 4. The molecule has 0 aromatic carbocycles. The summed E-state index contributed by atoms with van der Waals surface area (Å²) in [5.41, 5.74) is 0. The van der Waals surface area contributed by atoms with Crippen molar-refractivity contribution in [1.82, 2.24) is 9.80 Å². The van der Waals surface area contributed by atoms with Gasteiger partial charge in [-0.15, -0.1) is 0 Å². The Balaban J connectivity index is 1.59. The number of fused-ring (bicyclic) bond motifs is 6. The van der Waals surface area contributed by atoms with E-state index in [1.165, 1.54) is 45.2 Å². The number of carbonyl (C=O) groups excluding carboxylic acids is 1. The first-order valence-corrected chi connectivity index (χ1v) is 7.86. The molecule has 0 saturated carbocycles. The van der Waals surface area contributed by atoms with Crippen LogP contribution in [0.25, 0.3) is 0 Å². The zero-order valence-electron chi connectivity index (χ0n) is 11.2. The van der Waals surface area contributed by atoms with Gasteiger partial charge in [0.25, 0.3) is 0 Å². The van der Waals surface area contributed by atoms with Crippen LogP contribution < -0.4 is 0 Å². The van der Waals surface area contributed by atoms with E-state index in [0.29, 0.717) is 11.9 Å². The number of hydrogen-bond donors (Lipinski definition) is 0. The zero-order valence-corrected chi connectivity index (χ0v) is 11.2. The predicted octanol–water partition coefficient (Wildman–Crippen LogP) is 1.87. The van der Waals surface area contributed by atoms with Crippen LogP contribution in [0.15, 0.2) is 0 Å². The lowest BCUT2D eigenvalue weighted by molar-refractivity contribution is -0.148. The summed E-state index contributed by atoms with van der Waals surface area (Å²) in [5, 5.41) is 0. The maximum atomic E-state index is 12.1. The van der Waals surface area contributed by atoms with Gasteiger partial charge in [0.15, 0.2) is 0 Å². The molecule has 3 heteroatoms. The molecular weight excluding hydrogens is 224 g/mol. The number of carbonyl (C=O) groups is 1. The Labute approximate surface area is 110 Å². The molecule has 4 saturated heterocycles. The third-order valence-corrected chi connectivity index (χ3v) is 5.87. The minimum atomic E-state index is 0.449. The molecule has 100 valence electrons. The van der Waals surface area contributed by atoms with Gasteiger partial charge in [-0.25, -0.2) is 0 Å². The molecule has 2 bridgehead atoms. The van der Waals surface area contributed by atoms with Gasteiger partial charge < -0.3 is 4.90 Å². The summed E-state index contributed by atoms with van der Waals surface area (Å²) in [5.74, 6) is 2.01. The van der Waals surface area contributed by atoms with E-state index in [1.54, 1.807) is 0 Å². The van der Waals surface area contributed by atoms with E-state index < -0.39 is 0 Å². The number of hydrogen-bond acceptors (Lipinski definition) is 2. The van der Waals surface area contributed by atoms with Crippen molar-refractivity contribution in [2.75, 3.05) is 19.6 Å². The van der Waals surface area contributed by atoms with Gasteiger partial charge in [0.1, 0.15) is 0 Å². The summed E-state index contributed by atoms with van der Waals surface area (Å²) >= 11 is 0. The van der Waals surface area contributed by atoms with Crippen molar-refractivity contribution in [3.63, 3.8) is 0 Å². The van der Waals surface area contributed by atoms with Gasteiger partial charge in [-0.05, 0) is 50.5 Å². The second-order valence-corrected chi connectivity index (χ2v) is 6.82. The molecule has 0 aromatic rings. The Morgan fingerprint density at radius 1 is 0.944 bits per heavy atom. The summed E-state index contributed by atoms with van der Waals surface area (Å²) in [6.45, 7) is 3.66. The van der Waals surface area contributed by atoms with Gasteiger partial charge in [0, 0.05) is 31.6 Å². The zero-order chi connectivity index (χ0) is 12.1. The lowest BCUT2D eigenvalue weighted by atomic mass is 9.71. The Kier molecular flexibility index (Phi) is 2.65. The molecule has 4 aliphatic heterocycles. The monoisotopic (exact) mass is 248 g/mol. The van der Waals surface area contributed by atoms with Crippen molar-refractivity contribution in [3.05, 3.63) is 0 Å². The predicted molar refractivity (Wildman–Crippen MR) is 70.2 cm³/mol. The Morgan fingerprint density at radius 2 is 1.78 bits per heavy atom. The molecular formula is C15H24N2O. The van der Waals surface area contributed by atoms with Crippen LogP contribution in [-0.2, 0) is 4.79 Å². The third kappa shape index (κ3) is 1.63. The first kappa shape index (κ1) is 11.3. The molecule has 0 aromatic heterocycles. The fourth-order valence-electron chi connectivity index (χ4n) is 5.10. The van der Waals surface area contributed by atoms with Gasteiger partial charge in [-0.2, -0.15) is 0 Å². The van der Waals surface area contributed by atoms with Gasteiger partial charge in [0.2, 0.25) is 5.91 Å². The highest BCUT2D eigenvalue weighted by molar-refractivity contribution is 5.77. The average molecular weight is 248 g/mol. The van der Waals surface area contributed by atoms with Gasteiger partial charge in [-0.1, -0.05) is 6.42 Å². The molecule has 4 aliphatic rings. The summed E-state index contributed by atoms with van der Waals surface area (Å²) in [6, 6.07) is 1.39. The molecule has 1 amide bonds. The summed E-state index contributed by atoms with van der Waals surface area (Å²) in [7, 11) is 0. The van der Waals surface area contributed by atoms with Crippen molar-refractivity contribution in [2.24, 2.45) is 11.8 Å². The van der Waals surface area contributed by atoms with Gasteiger partial charge >= 0.3 is 0 Å². The van der Waals surface area contributed by atoms with E-state index in [9.17, 15) is 4.79 Å². The largest absolute Gasteiger partial charge is 0.339 e. The molecule has 4 rings (SSSR count). The minimum Gasteiger partial charge on any atom is -0.339 e. The minimum absolute atomic E-state index is 0.449. The van der Waals surface area contributed by atoms with Crippen molar-refractivity contribution in [2.45, 2.75) is 57.0 Å². The van der Waals surface area contributed by atoms with E-state index in [1.807, 2.05) is 0 Å². The summed E-state index contributed by atoms with van der Waals surface area (Å²) < 4.78 is 0. The lowest BCUT2D eigenvalue weighted by Gasteiger charge is -2.56. The number of rotatable bonds is 0. The highest BCUT2D eigenvalue weighted by Gasteiger charge is 2.47. The van der Waals surface area contributed by atoms with Crippen LogP contribution >= 0.6 is 0 Å². The second-order valence-electron chi connectivity index (χ2n) is 6.82. The van der Waals surface area contributed by atoms with E-state index in [-0.39, 0.29) is 0 Å². The molecule has 4 atom stereocenters. The molecule has 0 spiro atoms. The average Bonchev–Trinajstić information content (AvgIpc) is 2.40. The first-order chi connectivity index (χ1) is 8.83. The van der Waals surface area contributed by atoms with E-state index >= 15 is 0 Å². The topological polar surface area (TPSA) is 23.6 Å². The Morgan fingerprint density at radius 3 is 2.72 bits per heavy atom. The normalized spacial score (nSPS) is 44.4. The molecule has 3 nitrogen and oxygen atoms in total. The summed E-state index contributed by atoms with van der Waals surface area (Å²) in [4.78, 5) is 17.2. The molecule has 0 radical (unpaired) electrons. The quantitative estimate of drug-likeness (QED) is 0.653. The van der Waals surface area contributed by atoms with Crippen LogP contribution in [-0.4, -0.2) is 47.4 Å². The Hall–Kier alpha value is -0.570. The fourth-order valence-corrected chi connectivity index (χ4v) is 5.10. The van der Waals surface area contributed by atoms with Crippen LogP contribution in [0.2, 0.25) is 0 Å². The molecule has 3 unspecified atom stereocenters. The smallest absolute Gasteiger partial charge is 0.222 e. The molecule has 4 fully saturated rings. The van der Waals surface area contributed by atoms with Crippen molar-refractivity contribution < 1.29 is 4.79 Å². The SMILES string of the molecule is O=C1CCCC2C3C[C@H](CN12)C1CCCCN1C3. The maximum absolute atomic E-state index is 12.1. The molecule has 18 heavy (non-hydrogen) atoms. The van der Waals surface area contributed by atoms with Gasteiger partial charge in [-0.3, -0.25) is 9.69 Å². The Bertz CT molecular complexity index is 356. The first-order valence-electron chi connectivity index (χ1n) is 7.86. The maximum Gasteiger partial charge on any atom is 0.222 e. The van der Waals surface area contributed by atoms with Crippen LogP contribution in [0.5, 0.6) is 0 Å².